The molecule has 8 nitrogen and oxygen atoms in total. The van der Waals surface area contributed by atoms with Crippen LogP contribution in [0.4, 0.5) is 13.2 Å². The van der Waals surface area contributed by atoms with Gasteiger partial charge in [-0.05, 0) is 25.3 Å². The number of benzene rings is 1. The third-order valence-electron chi connectivity index (χ3n) is 6.23. The molecule has 3 heterocycles. The summed E-state index contributed by atoms with van der Waals surface area (Å²) in [5.41, 5.74) is -2.08. The Labute approximate surface area is 179 Å². The van der Waals surface area contributed by atoms with Gasteiger partial charge in [0.05, 0.1) is 12.6 Å². The standard InChI is InChI=1S/C21H18F3N3O5/c22-13-5-15(24)14(23)3-9(13)6-25-20(30)12-7-26-8-16-27(10-1-2-11(4-10)32-16)21(31)17(26)19(29)18(12)28/h3,5,7,10-11,16,29H,1-2,4,6,8H2,(H,25,30)/t10?,11-,16+/m0/s1. The summed E-state index contributed by atoms with van der Waals surface area (Å²) in [6, 6.07) is 0.929. The Hall–Kier alpha value is -3.34. The number of fused-ring (bicyclic) bond motifs is 5. The lowest BCUT2D eigenvalue weighted by molar-refractivity contribution is -0.132. The highest BCUT2D eigenvalue weighted by Crippen LogP contribution is 2.38. The fourth-order valence-corrected chi connectivity index (χ4v) is 4.68. The summed E-state index contributed by atoms with van der Waals surface area (Å²) in [6.07, 6.45) is 2.91. The lowest BCUT2D eigenvalue weighted by Gasteiger charge is -2.44. The number of nitrogens with one attached hydrogen (secondary N) is 1. The summed E-state index contributed by atoms with van der Waals surface area (Å²) in [5.74, 6) is -6.09. The Morgan fingerprint density at radius 2 is 1.91 bits per heavy atom. The minimum atomic E-state index is -1.37. The van der Waals surface area contributed by atoms with Gasteiger partial charge in [-0.1, -0.05) is 0 Å². The van der Waals surface area contributed by atoms with Crippen molar-refractivity contribution in [2.75, 3.05) is 0 Å². The van der Waals surface area contributed by atoms with Crippen LogP contribution in [-0.4, -0.2) is 44.8 Å². The molecule has 0 radical (unpaired) electrons. The van der Waals surface area contributed by atoms with Crippen molar-refractivity contribution in [3.8, 4) is 5.75 Å². The predicted molar refractivity (Wildman–Crippen MR) is 102 cm³/mol. The molecule has 3 atom stereocenters. The fourth-order valence-electron chi connectivity index (χ4n) is 4.68. The highest BCUT2D eigenvalue weighted by atomic mass is 19.2. The van der Waals surface area contributed by atoms with Crippen molar-refractivity contribution in [2.45, 2.75) is 50.7 Å². The molecule has 1 saturated heterocycles. The van der Waals surface area contributed by atoms with E-state index in [0.29, 0.717) is 18.6 Å². The molecule has 1 unspecified atom stereocenters. The molecule has 2 bridgehead atoms. The summed E-state index contributed by atoms with van der Waals surface area (Å²) >= 11 is 0. The molecular weight excluding hydrogens is 431 g/mol. The summed E-state index contributed by atoms with van der Waals surface area (Å²) < 4.78 is 47.5. The summed E-state index contributed by atoms with van der Waals surface area (Å²) in [5, 5.41) is 12.7. The number of amides is 2. The number of rotatable bonds is 3. The van der Waals surface area contributed by atoms with Crippen molar-refractivity contribution in [2.24, 2.45) is 0 Å². The maximum atomic E-state index is 13.8. The average molecular weight is 449 g/mol. The van der Waals surface area contributed by atoms with Gasteiger partial charge >= 0.3 is 0 Å². The SMILES string of the molecule is O=C(NCc1cc(F)c(F)cc1F)c1cn2c(c(O)c1=O)C(=O)N1C3CC[C@@H](C3)O[C@@H]1C2. The van der Waals surface area contributed by atoms with Crippen molar-refractivity contribution in [3.05, 3.63) is 62.8 Å². The van der Waals surface area contributed by atoms with Crippen LogP contribution in [0.2, 0.25) is 0 Å². The maximum absolute atomic E-state index is 13.8. The zero-order chi connectivity index (χ0) is 22.7. The number of ether oxygens (including phenoxy) is 1. The highest BCUT2D eigenvalue weighted by molar-refractivity contribution is 5.99. The van der Waals surface area contributed by atoms with Crippen LogP contribution >= 0.6 is 0 Å². The molecule has 1 saturated carbocycles. The number of nitrogens with zero attached hydrogens (tertiary/aromatic N) is 2. The van der Waals surface area contributed by atoms with E-state index in [0.717, 1.165) is 19.0 Å². The second-order valence-corrected chi connectivity index (χ2v) is 8.15. The molecule has 1 aromatic carbocycles. The van der Waals surface area contributed by atoms with Gasteiger partial charge in [0, 0.05) is 30.4 Å². The predicted octanol–water partition coefficient (Wildman–Crippen LogP) is 1.63. The zero-order valence-electron chi connectivity index (χ0n) is 16.6. The minimum Gasteiger partial charge on any atom is -0.503 e. The molecule has 32 heavy (non-hydrogen) atoms. The Morgan fingerprint density at radius 3 is 2.69 bits per heavy atom. The Kier molecular flexibility index (Phi) is 4.73. The van der Waals surface area contributed by atoms with Crippen LogP contribution in [0.3, 0.4) is 0 Å². The second-order valence-electron chi connectivity index (χ2n) is 8.15. The van der Waals surface area contributed by atoms with E-state index in [2.05, 4.69) is 5.32 Å². The van der Waals surface area contributed by atoms with Gasteiger partial charge in [-0.2, -0.15) is 0 Å². The molecule has 2 fully saturated rings. The quantitative estimate of drug-likeness (QED) is 0.694. The van der Waals surface area contributed by atoms with E-state index < -0.39 is 58.8 Å². The average Bonchev–Trinajstić information content (AvgIpc) is 3.12. The number of aromatic nitrogens is 1. The molecule has 2 aromatic rings. The molecular formula is C21H18F3N3O5. The lowest BCUT2D eigenvalue weighted by Crippen LogP contribution is -2.57. The monoisotopic (exact) mass is 449 g/mol. The third kappa shape index (κ3) is 3.15. The number of hydrogen-bond donors (Lipinski definition) is 2. The van der Waals surface area contributed by atoms with E-state index in [-0.39, 0.29) is 29.9 Å². The highest BCUT2D eigenvalue weighted by Gasteiger charge is 2.47. The smallest absolute Gasteiger partial charge is 0.276 e. The van der Waals surface area contributed by atoms with E-state index in [1.54, 1.807) is 4.90 Å². The number of pyridine rings is 1. The van der Waals surface area contributed by atoms with Crippen LogP contribution < -0.4 is 10.7 Å². The Bertz CT molecular complexity index is 1210. The van der Waals surface area contributed by atoms with Crippen LogP contribution in [0.25, 0.3) is 0 Å². The van der Waals surface area contributed by atoms with Gasteiger partial charge in [0.25, 0.3) is 11.8 Å². The van der Waals surface area contributed by atoms with E-state index in [1.165, 1.54) is 4.57 Å². The number of carbonyl (C=O) groups excluding carboxylic acids is 2. The molecule has 2 N–H and O–H groups in total. The van der Waals surface area contributed by atoms with E-state index >= 15 is 0 Å². The molecule has 1 aliphatic carbocycles. The first-order valence-corrected chi connectivity index (χ1v) is 10.1. The lowest BCUT2D eigenvalue weighted by atomic mass is 10.1. The Balaban J connectivity index is 1.43. The normalized spacial score (nSPS) is 23.7. The van der Waals surface area contributed by atoms with Crippen molar-refractivity contribution in [3.63, 3.8) is 0 Å². The molecule has 168 valence electrons. The number of aromatic hydroxyl groups is 1. The van der Waals surface area contributed by atoms with Crippen molar-refractivity contribution >= 4 is 11.8 Å². The number of hydrogen-bond acceptors (Lipinski definition) is 5. The largest absolute Gasteiger partial charge is 0.503 e. The van der Waals surface area contributed by atoms with Gasteiger partial charge in [0.1, 0.15) is 11.4 Å². The Morgan fingerprint density at radius 1 is 1.16 bits per heavy atom. The van der Waals surface area contributed by atoms with Crippen LogP contribution in [0.5, 0.6) is 5.75 Å². The summed E-state index contributed by atoms with van der Waals surface area (Å²) in [6.45, 7) is -0.397. The summed E-state index contributed by atoms with van der Waals surface area (Å²) in [4.78, 5) is 39.7. The topological polar surface area (TPSA) is 101 Å². The van der Waals surface area contributed by atoms with E-state index in [9.17, 15) is 32.7 Å². The molecule has 1 aromatic heterocycles. The summed E-state index contributed by atoms with van der Waals surface area (Å²) in [7, 11) is 0. The van der Waals surface area contributed by atoms with E-state index in [1.807, 2.05) is 0 Å². The first-order valence-electron chi connectivity index (χ1n) is 10.1. The van der Waals surface area contributed by atoms with Crippen LogP contribution in [0.1, 0.15) is 45.7 Å². The van der Waals surface area contributed by atoms with Crippen molar-refractivity contribution < 1.29 is 32.6 Å². The number of carbonyl (C=O) groups is 2. The van der Waals surface area contributed by atoms with Crippen molar-refractivity contribution in [1.29, 1.82) is 0 Å². The maximum Gasteiger partial charge on any atom is 0.276 e. The van der Waals surface area contributed by atoms with Crippen molar-refractivity contribution in [1.82, 2.24) is 14.8 Å². The van der Waals surface area contributed by atoms with Gasteiger partial charge in [-0.3, -0.25) is 14.4 Å². The number of halogens is 3. The first-order chi connectivity index (χ1) is 15.2. The first kappa shape index (κ1) is 20.6. The van der Waals surface area contributed by atoms with Gasteiger partial charge in [0.2, 0.25) is 5.43 Å². The molecule has 0 spiro atoms. The molecule has 2 aliphatic heterocycles. The molecule has 3 aliphatic rings. The molecule has 5 rings (SSSR count). The third-order valence-corrected chi connectivity index (χ3v) is 6.23. The second kappa shape index (κ2) is 7.37. The van der Waals surface area contributed by atoms with Gasteiger partial charge in [-0.15, -0.1) is 0 Å². The fraction of sp³-hybridized carbons (Fsp3) is 0.381. The minimum absolute atomic E-state index is 0.0246. The van der Waals surface area contributed by atoms with Crippen LogP contribution in [-0.2, 0) is 17.8 Å². The molecule has 2 amide bonds. The van der Waals surface area contributed by atoms with E-state index in [4.69, 9.17) is 4.74 Å². The van der Waals surface area contributed by atoms with Gasteiger partial charge in [0.15, 0.2) is 29.3 Å². The zero-order valence-corrected chi connectivity index (χ0v) is 16.6. The van der Waals surface area contributed by atoms with Crippen LogP contribution in [0, 0.1) is 17.5 Å². The van der Waals surface area contributed by atoms with Gasteiger partial charge in [-0.25, -0.2) is 13.2 Å². The van der Waals surface area contributed by atoms with Crippen LogP contribution in [0.15, 0.2) is 23.1 Å². The molecule has 11 heteroatoms. The van der Waals surface area contributed by atoms with Gasteiger partial charge < -0.3 is 24.6 Å².